The summed E-state index contributed by atoms with van der Waals surface area (Å²) < 4.78 is 0. The number of primary amides is 1. The molecular weight excluding hydrogens is 426 g/mol. The van der Waals surface area contributed by atoms with Crippen molar-refractivity contribution in [2.75, 3.05) is 11.5 Å². The lowest BCUT2D eigenvalue weighted by Crippen LogP contribution is -2.42. The quantitative estimate of drug-likeness (QED) is 0.574. The molecule has 0 aliphatic carbocycles. The molecule has 10 heteroatoms. The highest BCUT2D eigenvalue weighted by Gasteiger charge is 2.32. The fraction of sp³-hybridized carbons (Fsp3) is 0.211. The van der Waals surface area contributed by atoms with Gasteiger partial charge in [0, 0.05) is 27.1 Å². The van der Waals surface area contributed by atoms with Crippen molar-refractivity contribution in [1.82, 2.24) is 15.2 Å². The molecule has 2 aliphatic rings. The zero-order chi connectivity index (χ0) is 20.1. The van der Waals surface area contributed by atoms with Gasteiger partial charge in [0.15, 0.2) is 0 Å². The van der Waals surface area contributed by atoms with E-state index < -0.39 is 5.91 Å². The Morgan fingerprint density at radius 2 is 2.17 bits per heavy atom. The van der Waals surface area contributed by atoms with Crippen LogP contribution in [0.25, 0.3) is 20.7 Å². The minimum absolute atomic E-state index is 0.0539. The largest absolute Gasteiger partial charge is 0.397 e. The molecule has 0 bridgehead atoms. The molecule has 5 N–H and O–H groups in total. The highest BCUT2D eigenvalue weighted by Crippen LogP contribution is 2.45. The summed E-state index contributed by atoms with van der Waals surface area (Å²) in [5.74, 6) is 0.305. The average molecular weight is 444 g/mol. The van der Waals surface area contributed by atoms with Crippen LogP contribution in [0.2, 0.25) is 0 Å². The van der Waals surface area contributed by atoms with Gasteiger partial charge in [0.05, 0.1) is 30.5 Å². The monoisotopic (exact) mass is 443 g/mol. The first kappa shape index (κ1) is 18.5. The fourth-order valence-electron chi connectivity index (χ4n) is 3.69. The van der Waals surface area contributed by atoms with Crippen LogP contribution >= 0.6 is 34.4 Å². The number of aromatic nitrogens is 1. The van der Waals surface area contributed by atoms with Crippen molar-refractivity contribution in [3.63, 3.8) is 0 Å². The van der Waals surface area contributed by atoms with E-state index in [2.05, 4.69) is 5.32 Å². The van der Waals surface area contributed by atoms with Crippen LogP contribution < -0.4 is 16.8 Å². The lowest BCUT2D eigenvalue weighted by molar-refractivity contribution is 0.100. The van der Waals surface area contributed by atoms with E-state index in [0.717, 1.165) is 32.8 Å². The summed E-state index contributed by atoms with van der Waals surface area (Å²) in [4.78, 5) is 33.1. The summed E-state index contributed by atoms with van der Waals surface area (Å²) in [6.07, 6.45) is 2.00. The second kappa shape index (κ2) is 7.05. The molecule has 0 spiro atoms. The Hall–Kier alpha value is -2.56. The maximum atomic E-state index is 12.8. The number of carbonyl (C=O) groups excluding carboxylic acids is 2. The Morgan fingerprint density at radius 1 is 1.31 bits per heavy atom. The zero-order valence-corrected chi connectivity index (χ0v) is 17.6. The lowest BCUT2D eigenvalue weighted by Gasteiger charge is -2.19. The van der Waals surface area contributed by atoms with Gasteiger partial charge < -0.3 is 21.7 Å². The highest BCUT2D eigenvalue weighted by atomic mass is 32.2. The van der Waals surface area contributed by atoms with Crippen LogP contribution in [0, 0.1) is 0 Å². The van der Waals surface area contributed by atoms with Crippen molar-refractivity contribution in [1.29, 1.82) is 0 Å². The molecular formula is C19H17N5O2S3. The third-order valence-electron chi connectivity index (χ3n) is 5.02. The van der Waals surface area contributed by atoms with Gasteiger partial charge in [-0.1, -0.05) is 12.1 Å². The molecule has 0 aromatic carbocycles. The predicted octanol–water partition coefficient (Wildman–Crippen LogP) is 3.36. The molecule has 5 rings (SSSR count). The van der Waals surface area contributed by atoms with Crippen molar-refractivity contribution in [3.8, 4) is 10.4 Å². The number of nitrogen functional groups attached to an aromatic ring is 1. The maximum Gasteiger partial charge on any atom is 0.318 e. The predicted molar refractivity (Wildman–Crippen MR) is 119 cm³/mol. The third kappa shape index (κ3) is 3.07. The zero-order valence-electron chi connectivity index (χ0n) is 15.2. The third-order valence-corrected chi connectivity index (χ3v) is 7.93. The van der Waals surface area contributed by atoms with Gasteiger partial charge in [0.25, 0.3) is 5.91 Å². The van der Waals surface area contributed by atoms with Gasteiger partial charge >= 0.3 is 6.03 Å². The summed E-state index contributed by atoms with van der Waals surface area (Å²) in [5, 5.41) is 7.81. The summed E-state index contributed by atoms with van der Waals surface area (Å²) in [6.45, 7) is 0.866. The second-order valence-electron chi connectivity index (χ2n) is 6.85. The van der Waals surface area contributed by atoms with E-state index >= 15 is 0 Å². The molecule has 148 valence electrons. The van der Waals surface area contributed by atoms with E-state index in [1.54, 1.807) is 28.0 Å². The van der Waals surface area contributed by atoms with Crippen molar-refractivity contribution in [3.05, 3.63) is 45.1 Å². The molecule has 29 heavy (non-hydrogen) atoms. The van der Waals surface area contributed by atoms with Crippen molar-refractivity contribution in [2.45, 2.75) is 19.1 Å². The van der Waals surface area contributed by atoms with Gasteiger partial charge in [-0.25, -0.2) is 9.78 Å². The van der Waals surface area contributed by atoms with E-state index in [4.69, 9.17) is 16.5 Å². The highest BCUT2D eigenvalue weighted by molar-refractivity contribution is 8.02. The van der Waals surface area contributed by atoms with Crippen LogP contribution in [0.5, 0.6) is 0 Å². The van der Waals surface area contributed by atoms with E-state index in [1.165, 1.54) is 11.3 Å². The van der Waals surface area contributed by atoms with Crippen LogP contribution in [0.1, 0.15) is 20.9 Å². The fourth-order valence-corrected chi connectivity index (χ4v) is 6.28. The molecule has 3 aromatic rings. The van der Waals surface area contributed by atoms with E-state index in [1.807, 2.05) is 29.0 Å². The van der Waals surface area contributed by atoms with E-state index in [9.17, 15) is 9.59 Å². The Balaban J connectivity index is 1.59. The maximum absolute atomic E-state index is 12.8. The molecule has 5 heterocycles. The summed E-state index contributed by atoms with van der Waals surface area (Å²) in [7, 11) is 0. The molecule has 0 radical (unpaired) electrons. The Morgan fingerprint density at radius 3 is 2.86 bits per heavy atom. The van der Waals surface area contributed by atoms with Crippen molar-refractivity contribution in [2.24, 2.45) is 5.73 Å². The first-order valence-electron chi connectivity index (χ1n) is 8.94. The second-order valence-corrected chi connectivity index (χ2v) is 9.74. The van der Waals surface area contributed by atoms with Crippen molar-refractivity contribution < 1.29 is 9.59 Å². The average Bonchev–Trinajstić information content (AvgIpc) is 3.47. The molecule has 7 nitrogen and oxygen atoms in total. The number of rotatable bonds is 3. The minimum atomic E-state index is -0.550. The number of fused-ring (bicyclic) bond motifs is 2. The lowest BCUT2D eigenvalue weighted by atomic mass is 10.0. The summed E-state index contributed by atoms with van der Waals surface area (Å²) in [5.41, 5.74) is 15.0. The topological polar surface area (TPSA) is 114 Å². The summed E-state index contributed by atoms with van der Waals surface area (Å²) >= 11 is 4.49. The smallest absolute Gasteiger partial charge is 0.318 e. The molecule has 3 aromatic heterocycles. The number of nitrogens with one attached hydrogen (secondary N) is 1. The number of thioether (sulfide) groups is 1. The Kier molecular flexibility index (Phi) is 4.49. The first-order valence-corrected chi connectivity index (χ1v) is 11.7. The van der Waals surface area contributed by atoms with Crippen LogP contribution in [-0.4, -0.2) is 33.6 Å². The number of pyridine rings is 1. The first-order chi connectivity index (χ1) is 14.0. The molecule has 0 fully saturated rings. The van der Waals surface area contributed by atoms with E-state index in [-0.39, 0.29) is 12.1 Å². The molecule has 0 saturated heterocycles. The number of carbonyl (C=O) groups is 2. The van der Waals surface area contributed by atoms with Crippen LogP contribution in [-0.2, 0) is 13.1 Å². The number of amides is 3. The van der Waals surface area contributed by atoms with Crippen LogP contribution in [0.3, 0.4) is 0 Å². The number of anilines is 1. The Labute approximate surface area is 178 Å². The normalized spacial score (nSPS) is 17.8. The molecule has 1 atom stereocenters. The number of hydrogen-bond acceptors (Lipinski definition) is 7. The standard InChI is InChI=1S/C19H17N5O2S3/c20-15-14-13(12-2-1-4-28-12)10-6-24(19(26)22-9-3-5-27-8-9)7-11(10)23-18(14)29-16(15)17(21)25/h1-5,9H,6-8,20H2,(H2,21,25)(H,22,26). The SMILES string of the molecule is NC(=O)c1sc2nc3c(c(-c4cccs4)c2c1N)CN(C(=O)NC1C=CSC1)C3. The van der Waals surface area contributed by atoms with Crippen LogP contribution in [0.4, 0.5) is 10.5 Å². The van der Waals surface area contributed by atoms with Crippen molar-refractivity contribution >= 4 is 62.3 Å². The number of thiophene rings is 2. The van der Waals surface area contributed by atoms with Gasteiger partial charge in [-0.15, -0.1) is 34.4 Å². The van der Waals surface area contributed by atoms with Gasteiger partial charge in [-0.2, -0.15) is 0 Å². The van der Waals surface area contributed by atoms with E-state index in [0.29, 0.717) is 28.5 Å². The number of nitrogens with zero attached hydrogens (tertiary/aromatic N) is 2. The van der Waals surface area contributed by atoms with Gasteiger partial charge in [-0.05, 0) is 16.9 Å². The van der Waals surface area contributed by atoms with Gasteiger partial charge in [0.2, 0.25) is 0 Å². The summed E-state index contributed by atoms with van der Waals surface area (Å²) in [6, 6.07) is 3.94. The molecule has 2 aliphatic heterocycles. The van der Waals surface area contributed by atoms with Crippen LogP contribution in [0.15, 0.2) is 29.0 Å². The Bertz CT molecular complexity index is 1170. The van der Waals surface area contributed by atoms with Gasteiger partial charge in [0.1, 0.15) is 9.71 Å². The number of hydrogen-bond donors (Lipinski definition) is 3. The minimum Gasteiger partial charge on any atom is -0.397 e. The molecule has 0 saturated carbocycles. The molecule has 3 amide bonds. The molecule has 1 unspecified atom stereocenters. The van der Waals surface area contributed by atoms with Gasteiger partial charge in [-0.3, -0.25) is 4.79 Å². The number of urea groups is 1. The number of nitrogens with two attached hydrogens (primary N) is 2.